The van der Waals surface area contributed by atoms with E-state index in [-0.39, 0.29) is 11.4 Å². The molecule has 5 heteroatoms. The Morgan fingerprint density at radius 3 is 2.29 bits per heavy atom. The van der Waals surface area contributed by atoms with Crippen molar-refractivity contribution in [3.05, 3.63) is 58.6 Å². The topological polar surface area (TPSA) is 49.6 Å². The number of rotatable bonds is 2. The largest absolute Gasteiger partial charge is 0.279 e. The van der Waals surface area contributed by atoms with Crippen molar-refractivity contribution >= 4 is 15.9 Å². The van der Waals surface area contributed by atoms with Crippen molar-refractivity contribution in [3.63, 3.8) is 0 Å². The summed E-state index contributed by atoms with van der Waals surface area (Å²) in [6.45, 7) is 0. The SMILES string of the molecule is N#CC(F)(c1ccccc1)c1ncc(Br)cn1. The zero-order valence-corrected chi connectivity index (χ0v) is 10.2. The van der Waals surface area contributed by atoms with E-state index >= 15 is 0 Å². The summed E-state index contributed by atoms with van der Waals surface area (Å²) in [5.74, 6) is -0.158. The van der Waals surface area contributed by atoms with Crippen LogP contribution in [0.5, 0.6) is 0 Å². The van der Waals surface area contributed by atoms with Gasteiger partial charge in [0.2, 0.25) is 0 Å². The molecule has 0 radical (unpaired) electrons. The van der Waals surface area contributed by atoms with E-state index < -0.39 is 5.67 Å². The van der Waals surface area contributed by atoms with Gasteiger partial charge < -0.3 is 0 Å². The Morgan fingerprint density at radius 2 is 1.76 bits per heavy atom. The fraction of sp³-hybridized carbons (Fsp3) is 0.0833. The van der Waals surface area contributed by atoms with Crippen molar-refractivity contribution in [2.45, 2.75) is 5.67 Å². The van der Waals surface area contributed by atoms with Crippen molar-refractivity contribution in [1.82, 2.24) is 9.97 Å². The van der Waals surface area contributed by atoms with Gasteiger partial charge in [-0.05, 0) is 15.9 Å². The van der Waals surface area contributed by atoms with Gasteiger partial charge in [-0.2, -0.15) is 5.26 Å². The fourth-order valence-electron chi connectivity index (χ4n) is 1.40. The normalized spacial score (nSPS) is 13.7. The summed E-state index contributed by atoms with van der Waals surface area (Å²) in [7, 11) is 0. The van der Waals surface area contributed by atoms with Gasteiger partial charge in [0.25, 0.3) is 5.67 Å². The van der Waals surface area contributed by atoms with E-state index in [0.29, 0.717) is 4.47 Å². The quantitative estimate of drug-likeness (QED) is 0.855. The summed E-state index contributed by atoms with van der Waals surface area (Å²) in [6, 6.07) is 9.78. The van der Waals surface area contributed by atoms with Crippen LogP contribution in [0, 0.1) is 11.3 Å². The summed E-state index contributed by atoms with van der Waals surface area (Å²) >= 11 is 3.16. The first-order valence-corrected chi connectivity index (χ1v) is 5.60. The minimum Gasteiger partial charge on any atom is -0.236 e. The maximum atomic E-state index is 14.6. The highest BCUT2D eigenvalue weighted by molar-refractivity contribution is 9.10. The van der Waals surface area contributed by atoms with Crippen LogP contribution < -0.4 is 0 Å². The highest BCUT2D eigenvalue weighted by Gasteiger charge is 2.37. The molecule has 1 aromatic heterocycles. The lowest BCUT2D eigenvalue weighted by molar-refractivity contribution is 0.287. The Labute approximate surface area is 106 Å². The van der Waals surface area contributed by atoms with Gasteiger partial charge in [-0.25, -0.2) is 14.4 Å². The van der Waals surface area contributed by atoms with Crippen molar-refractivity contribution in [2.24, 2.45) is 0 Å². The van der Waals surface area contributed by atoms with Crippen molar-refractivity contribution in [1.29, 1.82) is 5.26 Å². The van der Waals surface area contributed by atoms with Crippen LogP contribution in [-0.2, 0) is 5.67 Å². The smallest absolute Gasteiger partial charge is 0.236 e. The minimum atomic E-state index is -2.32. The molecule has 1 aromatic carbocycles. The molecule has 84 valence electrons. The summed E-state index contributed by atoms with van der Waals surface area (Å²) in [5, 5.41) is 9.04. The van der Waals surface area contributed by atoms with E-state index in [0.717, 1.165) is 0 Å². The molecule has 1 unspecified atom stereocenters. The van der Waals surface area contributed by atoms with Crippen molar-refractivity contribution < 1.29 is 4.39 Å². The molecule has 0 aliphatic rings. The molecular weight excluding hydrogens is 285 g/mol. The number of nitrogens with zero attached hydrogens (tertiary/aromatic N) is 3. The fourth-order valence-corrected chi connectivity index (χ4v) is 1.61. The Hall–Kier alpha value is -1.80. The van der Waals surface area contributed by atoms with Crippen LogP contribution in [0.4, 0.5) is 4.39 Å². The number of hydrogen-bond donors (Lipinski definition) is 0. The zero-order valence-electron chi connectivity index (χ0n) is 8.64. The average molecular weight is 292 g/mol. The summed E-state index contributed by atoms with van der Waals surface area (Å²) in [5.41, 5.74) is -2.09. The lowest BCUT2D eigenvalue weighted by Crippen LogP contribution is -2.22. The Balaban J connectivity index is 2.53. The first-order valence-electron chi connectivity index (χ1n) is 4.80. The molecule has 0 aliphatic heterocycles. The third-order valence-electron chi connectivity index (χ3n) is 2.25. The standard InChI is InChI=1S/C12H7BrFN3/c13-10-6-16-11(17-7-10)12(14,8-15)9-4-2-1-3-5-9/h1-7H. The van der Waals surface area contributed by atoms with Gasteiger partial charge in [-0.1, -0.05) is 30.3 Å². The van der Waals surface area contributed by atoms with E-state index in [1.54, 1.807) is 24.3 Å². The van der Waals surface area contributed by atoms with Crippen molar-refractivity contribution in [3.8, 4) is 6.07 Å². The van der Waals surface area contributed by atoms with E-state index in [4.69, 9.17) is 5.26 Å². The van der Waals surface area contributed by atoms with Gasteiger partial charge in [0, 0.05) is 18.0 Å². The van der Waals surface area contributed by atoms with E-state index in [9.17, 15) is 4.39 Å². The highest BCUT2D eigenvalue weighted by atomic mass is 79.9. The van der Waals surface area contributed by atoms with Crippen LogP contribution >= 0.6 is 15.9 Å². The molecule has 1 heterocycles. The number of alkyl halides is 1. The lowest BCUT2D eigenvalue weighted by Gasteiger charge is -2.15. The molecule has 3 nitrogen and oxygen atoms in total. The van der Waals surface area contributed by atoms with Crippen LogP contribution in [-0.4, -0.2) is 9.97 Å². The predicted octanol–water partition coefficient (Wildman–Crippen LogP) is 2.98. The monoisotopic (exact) mass is 291 g/mol. The summed E-state index contributed by atoms with van der Waals surface area (Å²) in [4.78, 5) is 7.68. The molecule has 0 spiro atoms. The molecule has 0 N–H and O–H groups in total. The van der Waals surface area contributed by atoms with Crippen LogP contribution in [0.15, 0.2) is 47.2 Å². The van der Waals surface area contributed by atoms with Gasteiger partial charge in [0.15, 0.2) is 5.82 Å². The van der Waals surface area contributed by atoms with Crippen LogP contribution in [0.3, 0.4) is 0 Å². The first-order chi connectivity index (χ1) is 8.16. The third-order valence-corrected chi connectivity index (χ3v) is 2.66. The van der Waals surface area contributed by atoms with E-state index in [1.807, 2.05) is 0 Å². The van der Waals surface area contributed by atoms with Gasteiger partial charge in [0.1, 0.15) is 6.07 Å². The molecule has 2 rings (SSSR count). The van der Waals surface area contributed by atoms with E-state index in [2.05, 4.69) is 25.9 Å². The summed E-state index contributed by atoms with van der Waals surface area (Å²) < 4.78 is 15.2. The molecule has 2 aromatic rings. The molecule has 0 fully saturated rings. The zero-order chi connectivity index (χ0) is 12.3. The number of aromatic nitrogens is 2. The number of nitriles is 1. The van der Waals surface area contributed by atoms with Crippen LogP contribution in [0.25, 0.3) is 0 Å². The van der Waals surface area contributed by atoms with Gasteiger partial charge in [-0.3, -0.25) is 0 Å². The second-order valence-electron chi connectivity index (χ2n) is 3.36. The number of benzene rings is 1. The van der Waals surface area contributed by atoms with Crippen molar-refractivity contribution in [2.75, 3.05) is 0 Å². The molecule has 0 saturated carbocycles. The van der Waals surface area contributed by atoms with Gasteiger partial charge in [0.05, 0.1) is 4.47 Å². The maximum absolute atomic E-state index is 14.6. The Kier molecular flexibility index (Phi) is 3.16. The molecule has 0 amide bonds. The summed E-state index contributed by atoms with van der Waals surface area (Å²) in [6.07, 6.45) is 2.83. The Morgan fingerprint density at radius 1 is 1.18 bits per heavy atom. The predicted molar refractivity (Wildman–Crippen MR) is 63.7 cm³/mol. The average Bonchev–Trinajstić information content (AvgIpc) is 2.40. The third kappa shape index (κ3) is 2.17. The molecule has 0 bridgehead atoms. The second kappa shape index (κ2) is 4.60. The molecule has 17 heavy (non-hydrogen) atoms. The lowest BCUT2D eigenvalue weighted by atomic mass is 9.96. The molecular formula is C12H7BrFN3. The van der Waals surface area contributed by atoms with Crippen LogP contribution in [0.2, 0.25) is 0 Å². The number of halogens is 2. The number of hydrogen-bond acceptors (Lipinski definition) is 3. The Bertz CT molecular complexity index is 550. The van der Waals surface area contributed by atoms with Crippen LogP contribution in [0.1, 0.15) is 11.4 Å². The minimum absolute atomic E-state index is 0.158. The molecule has 0 saturated heterocycles. The highest BCUT2D eigenvalue weighted by Crippen LogP contribution is 2.30. The van der Waals surface area contributed by atoms with Gasteiger partial charge in [-0.15, -0.1) is 0 Å². The molecule has 0 aliphatic carbocycles. The maximum Gasteiger partial charge on any atom is 0.279 e. The molecule has 1 atom stereocenters. The second-order valence-corrected chi connectivity index (χ2v) is 4.28. The van der Waals surface area contributed by atoms with Gasteiger partial charge >= 0.3 is 0 Å². The van der Waals surface area contributed by atoms with E-state index in [1.165, 1.54) is 24.5 Å². The first kappa shape index (κ1) is 11.7.